The van der Waals surface area contributed by atoms with Gasteiger partial charge in [0.05, 0.1) is 17.9 Å². The second-order valence-corrected chi connectivity index (χ2v) is 3.96. The summed E-state index contributed by atoms with van der Waals surface area (Å²) in [6.45, 7) is 1.10. The number of carbonyl (C=O) groups excluding carboxylic acids is 1. The normalized spacial score (nSPS) is 17.4. The predicted molar refractivity (Wildman–Crippen MR) is 57.0 cm³/mol. The third kappa shape index (κ3) is 2.30. The molecule has 0 atom stereocenters. The van der Waals surface area contributed by atoms with Crippen molar-refractivity contribution in [2.45, 2.75) is 18.9 Å². The lowest BCUT2D eigenvalue weighted by Gasteiger charge is -2.29. The molecule has 86 valence electrons. The molecule has 0 saturated carbocycles. The van der Waals surface area contributed by atoms with Crippen molar-refractivity contribution in [3.63, 3.8) is 0 Å². The summed E-state index contributed by atoms with van der Waals surface area (Å²) < 4.78 is 0. The van der Waals surface area contributed by atoms with Gasteiger partial charge in [0.2, 0.25) is 0 Å². The highest BCUT2D eigenvalue weighted by Crippen LogP contribution is 2.15. The summed E-state index contributed by atoms with van der Waals surface area (Å²) in [5, 5.41) is 18.6. The van der Waals surface area contributed by atoms with Gasteiger partial charge in [0.25, 0.3) is 5.91 Å². The largest absolute Gasteiger partial charge is 0.506 e. The zero-order valence-electron chi connectivity index (χ0n) is 8.83. The molecule has 5 nitrogen and oxygen atoms in total. The van der Waals surface area contributed by atoms with Crippen LogP contribution in [-0.4, -0.2) is 45.2 Å². The lowest BCUT2D eigenvalue weighted by Crippen LogP contribution is -2.40. The maximum atomic E-state index is 12.0. The number of hydrogen-bond acceptors (Lipinski definition) is 4. The van der Waals surface area contributed by atoms with Gasteiger partial charge >= 0.3 is 0 Å². The molecule has 1 fully saturated rings. The highest BCUT2D eigenvalue weighted by Gasteiger charge is 2.22. The minimum Gasteiger partial charge on any atom is -0.506 e. The van der Waals surface area contributed by atoms with Crippen molar-refractivity contribution < 1.29 is 15.0 Å². The number of amides is 1. The maximum Gasteiger partial charge on any atom is 0.255 e. The summed E-state index contributed by atoms with van der Waals surface area (Å²) >= 11 is 0. The van der Waals surface area contributed by atoms with Gasteiger partial charge in [0.1, 0.15) is 5.75 Å². The summed E-state index contributed by atoms with van der Waals surface area (Å²) in [7, 11) is 0. The van der Waals surface area contributed by atoms with Crippen LogP contribution < -0.4 is 0 Å². The second-order valence-electron chi connectivity index (χ2n) is 3.96. The van der Waals surface area contributed by atoms with Crippen LogP contribution in [0.25, 0.3) is 0 Å². The standard InChI is InChI=1S/C11H14N2O3/c14-9-1-3-13(4-2-9)11(16)8-5-10(15)7-12-6-8/h5-7,9,14-15H,1-4H2. The highest BCUT2D eigenvalue weighted by molar-refractivity contribution is 5.94. The van der Waals surface area contributed by atoms with E-state index in [2.05, 4.69) is 4.98 Å². The van der Waals surface area contributed by atoms with Crippen LogP contribution in [0.4, 0.5) is 0 Å². The van der Waals surface area contributed by atoms with Crippen molar-refractivity contribution >= 4 is 5.91 Å². The fourth-order valence-corrected chi connectivity index (χ4v) is 1.80. The molecule has 0 spiro atoms. The minimum absolute atomic E-state index is 0.0112. The smallest absolute Gasteiger partial charge is 0.255 e. The van der Waals surface area contributed by atoms with Gasteiger partial charge in [-0.25, -0.2) is 0 Å². The van der Waals surface area contributed by atoms with E-state index in [9.17, 15) is 15.0 Å². The van der Waals surface area contributed by atoms with Crippen molar-refractivity contribution in [2.75, 3.05) is 13.1 Å². The van der Waals surface area contributed by atoms with E-state index in [4.69, 9.17) is 0 Å². The Hall–Kier alpha value is -1.62. The molecule has 5 heteroatoms. The molecule has 0 bridgehead atoms. The van der Waals surface area contributed by atoms with E-state index in [0.717, 1.165) is 0 Å². The molecular formula is C11H14N2O3. The van der Waals surface area contributed by atoms with Crippen molar-refractivity contribution in [3.05, 3.63) is 24.0 Å². The van der Waals surface area contributed by atoms with Gasteiger partial charge in [-0.3, -0.25) is 9.78 Å². The zero-order valence-corrected chi connectivity index (χ0v) is 8.83. The molecule has 1 aliphatic heterocycles. The molecule has 16 heavy (non-hydrogen) atoms. The van der Waals surface area contributed by atoms with Crippen molar-refractivity contribution in [3.8, 4) is 5.75 Å². The first-order valence-corrected chi connectivity index (χ1v) is 5.28. The number of pyridine rings is 1. The van der Waals surface area contributed by atoms with Gasteiger partial charge in [-0.15, -0.1) is 0 Å². The number of likely N-dealkylation sites (tertiary alicyclic amines) is 1. The first-order valence-electron chi connectivity index (χ1n) is 5.28. The van der Waals surface area contributed by atoms with E-state index >= 15 is 0 Å². The maximum absolute atomic E-state index is 12.0. The first-order chi connectivity index (χ1) is 7.66. The summed E-state index contributed by atoms with van der Waals surface area (Å²) in [5.41, 5.74) is 0.386. The van der Waals surface area contributed by atoms with E-state index in [1.54, 1.807) is 4.90 Å². The number of aromatic nitrogens is 1. The van der Waals surface area contributed by atoms with Gasteiger partial charge < -0.3 is 15.1 Å². The number of nitrogens with zero attached hydrogens (tertiary/aromatic N) is 2. The number of piperidine rings is 1. The molecule has 1 saturated heterocycles. The van der Waals surface area contributed by atoms with E-state index in [0.29, 0.717) is 31.5 Å². The fraction of sp³-hybridized carbons (Fsp3) is 0.455. The average Bonchev–Trinajstić information content (AvgIpc) is 2.29. The molecule has 1 amide bonds. The number of aromatic hydroxyl groups is 1. The number of carbonyl (C=O) groups is 1. The van der Waals surface area contributed by atoms with Gasteiger partial charge in [-0.2, -0.15) is 0 Å². The molecular weight excluding hydrogens is 208 g/mol. The van der Waals surface area contributed by atoms with Crippen LogP contribution in [0, 0.1) is 0 Å². The van der Waals surface area contributed by atoms with Crippen LogP contribution in [0.5, 0.6) is 5.75 Å². The predicted octanol–water partition coefficient (Wildman–Crippen LogP) is 0.384. The number of rotatable bonds is 1. The van der Waals surface area contributed by atoms with Crippen LogP contribution in [-0.2, 0) is 0 Å². The molecule has 0 unspecified atom stereocenters. The fourth-order valence-electron chi connectivity index (χ4n) is 1.80. The van der Waals surface area contributed by atoms with Crippen LogP contribution in [0.15, 0.2) is 18.5 Å². The Morgan fingerprint density at radius 2 is 2.06 bits per heavy atom. The van der Waals surface area contributed by atoms with Crippen molar-refractivity contribution in [2.24, 2.45) is 0 Å². The van der Waals surface area contributed by atoms with Crippen LogP contribution in [0.2, 0.25) is 0 Å². The molecule has 0 aliphatic carbocycles. The monoisotopic (exact) mass is 222 g/mol. The first kappa shape index (κ1) is 10.9. The molecule has 2 heterocycles. The van der Waals surface area contributed by atoms with Gasteiger partial charge in [0.15, 0.2) is 0 Å². The van der Waals surface area contributed by atoms with E-state index in [1.807, 2.05) is 0 Å². The van der Waals surface area contributed by atoms with Crippen molar-refractivity contribution in [1.82, 2.24) is 9.88 Å². The lowest BCUT2D eigenvalue weighted by atomic mass is 10.1. The van der Waals surface area contributed by atoms with E-state index in [-0.39, 0.29) is 17.8 Å². The third-order valence-electron chi connectivity index (χ3n) is 2.72. The average molecular weight is 222 g/mol. The quantitative estimate of drug-likeness (QED) is 0.720. The molecule has 2 N–H and O–H groups in total. The zero-order chi connectivity index (χ0) is 11.5. The van der Waals surface area contributed by atoms with Crippen LogP contribution in [0.3, 0.4) is 0 Å². The Balaban J connectivity index is 2.08. The van der Waals surface area contributed by atoms with Crippen molar-refractivity contribution in [1.29, 1.82) is 0 Å². The Morgan fingerprint density at radius 3 is 2.69 bits per heavy atom. The number of aliphatic hydroxyl groups excluding tert-OH is 1. The molecule has 0 aromatic carbocycles. The summed E-state index contributed by atoms with van der Waals surface area (Å²) in [5.74, 6) is -0.154. The minimum atomic E-state index is -0.300. The highest BCUT2D eigenvalue weighted by atomic mass is 16.3. The van der Waals surface area contributed by atoms with Crippen LogP contribution in [0.1, 0.15) is 23.2 Å². The molecule has 1 aromatic rings. The van der Waals surface area contributed by atoms with Gasteiger partial charge in [-0.05, 0) is 18.9 Å². The Bertz CT molecular complexity index is 387. The molecule has 1 aromatic heterocycles. The van der Waals surface area contributed by atoms with Gasteiger partial charge in [0, 0.05) is 19.3 Å². The SMILES string of the molecule is O=C(c1cncc(O)c1)N1CCC(O)CC1. The number of hydrogen-bond donors (Lipinski definition) is 2. The second kappa shape index (κ2) is 4.49. The summed E-state index contributed by atoms with van der Waals surface area (Å²) in [4.78, 5) is 17.4. The molecule has 2 rings (SSSR count). The van der Waals surface area contributed by atoms with E-state index < -0.39 is 0 Å². The topological polar surface area (TPSA) is 73.7 Å². The summed E-state index contributed by atoms with van der Waals surface area (Å²) in [6.07, 6.45) is 3.64. The summed E-state index contributed by atoms with van der Waals surface area (Å²) in [6, 6.07) is 1.40. The number of aliphatic hydroxyl groups is 1. The third-order valence-corrected chi connectivity index (χ3v) is 2.72. The lowest BCUT2D eigenvalue weighted by molar-refractivity contribution is 0.0546. The molecule has 1 aliphatic rings. The molecule has 0 radical (unpaired) electrons. The van der Waals surface area contributed by atoms with Gasteiger partial charge in [-0.1, -0.05) is 0 Å². The van der Waals surface area contributed by atoms with Crippen LogP contribution >= 0.6 is 0 Å². The Morgan fingerprint density at radius 1 is 1.38 bits per heavy atom. The Labute approximate surface area is 93.3 Å². The Kier molecular flexibility index (Phi) is 3.05. The van der Waals surface area contributed by atoms with E-state index in [1.165, 1.54) is 18.5 Å².